The Labute approximate surface area is 114 Å². The van der Waals surface area contributed by atoms with Crippen molar-refractivity contribution in [2.24, 2.45) is 5.73 Å². The third-order valence-electron chi connectivity index (χ3n) is 3.17. The summed E-state index contributed by atoms with van der Waals surface area (Å²) in [5.41, 5.74) is 9.01. The van der Waals surface area contributed by atoms with E-state index in [-0.39, 0.29) is 0 Å². The Morgan fingerprint density at radius 1 is 0.842 bits per heavy atom. The van der Waals surface area contributed by atoms with E-state index in [9.17, 15) is 0 Å². The third-order valence-corrected chi connectivity index (χ3v) is 3.17. The van der Waals surface area contributed by atoms with E-state index in [2.05, 4.69) is 24.3 Å². The van der Waals surface area contributed by atoms with Crippen molar-refractivity contribution in [1.29, 1.82) is 0 Å². The Morgan fingerprint density at radius 2 is 1.37 bits per heavy atom. The summed E-state index contributed by atoms with van der Waals surface area (Å²) in [6, 6.07) is 14.1. The first-order valence-corrected chi connectivity index (χ1v) is 6.26. The molecule has 2 aromatic carbocycles. The summed E-state index contributed by atoms with van der Waals surface area (Å²) in [7, 11) is 3.35. The van der Waals surface area contributed by atoms with E-state index >= 15 is 0 Å². The van der Waals surface area contributed by atoms with Gasteiger partial charge in [0.15, 0.2) is 0 Å². The highest BCUT2D eigenvalue weighted by molar-refractivity contribution is 5.47. The molecule has 0 aromatic heterocycles. The number of methoxy groups -OCH3 is 2. The van der Waals surface area contributed by atoms with Crippen LogP contribution >= 0.6 is 0 Å². The molecule has 2 aromatic rings. The highest BCUT2D eigenvalue weighted by atomic mass is 16.5. The molecule has 100 valence electrons. The lowest BCUT2D eigenvalue weighted by molar-refractivity contribution is 0.387. The van der Waals surface area contributed by atoms with Gasteiger partial charge < -0.3 is 15.2 Å². The van der Waals surface area contributed by atoms with Crippen molar-refractivity contribution < 1.29 is 9.47 Å². The van der Waals surface area contributed by atoms with Crippen LogP contribution in [0.15, 0.2) is 42.5 Å². The van der Waals surface area contributed by atoms with Crippen molar-refractivity contribution >= 4 is 0 Å². The Bertz CT molecular complexity index is 513. The molecule has 2 N–H and O–H groups in total. The second-order valence-electron chi connectivity index (χ2n) is 4.34. The molecule has 19 heavy (non-hydrogen) atoms. The molecule has 0 aliphatic heterocycles. The summed E-state index contributed by atoms with van der Waals surface area (Å²) in [5, 5.41) is 0. The van der Waals surface area contributed by atoms with Crippen LogP contribution in [0, 0.1) is 0 Å². The van der Waals surface area contributed by atoms with Gasteiger partial charge in [-0.15, -0.1) is 0 Å². The minimum absolute atomic E-state index is 0.568. The van der Waals surface area contributed by atoms with Crippen molar-refractivity contribution in [1.82, 2.24) is 0 Å². The van der Waals surface area contributed by atoms with E-state index < -0.39 is 0 Å². The zero-order chi connectivity index (χ0) is 13.7. The average Bonchev–Trinajstić information content (AvgIpc) is 2.48. The van der Waals surface area contributed by atoms with Gasteiger partial charge in [0.05, 0.1) is 14.2 Å². The smallest absolute Gasteiger partial charge is 0.126 e. The second kappa shape index (κ2) is 6.25. The molecule has 0 amide bonds. The molecule has 3 nitrogen and oxygen atoms in total. The van der Waals surface area contributed by atoms with Crippen LogP contribution in [0.2, 0.25) is 0 Å². The van der Waals surface area contributed by atoms with E-state index in [1.165, 1.54) is 5.56 Å². The first-order valence-electron chi connectivity index (χ1n) is 6.26. The lowest BCUT2D eigenvalue weighted by atomic mass is 10.0. The number of ether oxygens (including phenoxy) is 2. The Morgan fingerprint density at radius 3 is 1.84 bits per heavy atom. The predicted octanol–water partition coefficient (Wildman–Crippen LogP) is 2.75. The number of rotatable bonds is 5. The molecule has 0 heterocycles. The van der Waals surface area contributed by atoms with Gasteiger partial charge in [0.2, 0.25) is 0 Å². The van der Waals surface area contributed by atoms with Crippen molar-refractivity contribution in [3.63, 3.8) is 0 Å². The minimum Gasteiger partial charge on any atom is -0.496 e. The fourth-order valence-corrected chi connectivity index (χ4v) is 2.10. The van der Waals surface area contributed by atoms with Crippen LogP contribution in [0.1, 0.15) is 16.7 Å². The molecular formula is C16H19NO2. The maximum absolute atomic E-state index is 5.60. The molecule has 3 heteroatoms. The lowest BCUT2D eigenvalue weighted by Gasteiger charge is -2.13. The summed E-state index contributed by atoms with van der Waals surface area (Å²) >= 11 is 0. The summed E-state index contributed by atoms with van der Waals surface area (Å²) in [6.07, 6.45) is 0.776. The zero-order valence-corrected chi connectivity index (χ0v) is 11.3. The summed E-state index contributed by atoms with van der Waals surface area (Å²) in [4.78, 5) is 0. The first kappa shape index (κ1) is 13.4. The van der Waals surface area contributed by atoms with Gasteiger partial charge in [-0.3, -0.25) is 0 Å². The van der Waals surface area contributed by atoms with Crippen molar-refractivity contribution in [3.05, 3.63) is 59.2 Å². The Hall–Kier alpha value is -2.00. The fourth-order valence-electron chi connectivity index (χ4n) is 2.10. The summed E-state index contributed by atoms with van der Waals surface area (Å²) < 4.78 is 10.8. The van der Waals surface area contributed by atoms with E-state index in [1.54, 1.807) is 14.2 Å². The largest absolute Gasteiger partial charge is 0.496 e. The van der Waals surface area contributed by atoms with Crippen molar-refractivity contribution in [3.8, 4) is 11.5 Å². The molecule has 0 saturated carbocycles. The van der Waals surface area contributed by atoms with E-state index in [0.29, 0.717) is 6.54 Å². The minimum atomic E-state index is 0.568. The van der Waals surface area contributed by atoms with Gasteiger partial charge in [0.25, 0.3) is 0 Å². The number of hydrogen-bond acceptors (Lipinski definition) is 3. The molecule has 0 atom stereocenters. The third kappa shape index (κ3) is 3.06. The van der Waals surface area contributed by atoms with Gasteiger partial charge in [0.1, 0.15) is 11.5 Å². The molecule has 0 radical (unpaired) electrons. The van der Waals surface area contributed by atoms with Crippen LogP contribution in [0.25, 0.3) is 0 Å². The summed E-state index contributed by atoms with van der Waals surface area (Å²) in [5.74, 6) is 1.70. The molecule has 0 fully saturated rings. The molecule has 0 spiro atoms. The number of nitrogens with two attached hydrogens (primary N) is 1. The Balaban J connectivity index is 2.30. The van der Waals surface area contributed by atoms with Crippen LogP contribution in [-0.4, -0.2) is 14.2 Å². The molecule has 0 bridgehead atoms. The average molecular weight is 257 g/mol. The fraction of sp³-hybridized carbons (Fsp3) is 0.250. The van der Waals surface area contributed by atoms with Crippen LogP contribution in [-0.2, 0) is 13.0 Å². The van der Waals surface area contributed by atoms with Gasteiger partial charge in [-0.1, -0.05) is 30.3 Å². The van der Waals surface area contributed by atoms with E-state index in [4.69, 9.17) is 15.2 Å². The van der Waals surface area contributed by atoms with Crippen LogP contribution < -0.4 is 15.2 Å². The van der Waals surface area contributed by atoms with Gasteiger partial charge in [0, 0.05) is 18.5 Å². The standard InChI is InChI=1S/C16H19NO2/c1-18-15-4-3-5-16(19-2)14(15)10-12-6-8-13(11-17)9-7-12/h3-9H,10-11,17H2,1-2H3. The lowest BCUT2D eigenvalue weighted by Crippen LogP contribution is -1.99. The van der Waals surface area contributed by atoms with Gasteiger partial charge in [-0.25, -0.2) is 0 Å². The van der Waals surface area contributed by atoms with Crippen LogP contribution in [0.5, 0.6) is 11.5 Å². The van der Waals surface area contributed by atoms with E-state index in [1.807, 2.05) is 18.2 Å². The quantitative estimate of drug-likeness (QED) is 0.895. The number of hydrogen-bond donors (Lipinski definition) is 1. The molecule has 2 rings (SSSR count). The number of benzene rings is 2. The zero-order valence-electron chi connectivity index (χ0n) is 11.3. The molecule has 0 saturated heterocycles. The van der Waals surface area contributed by atoms with Crippen LogP contribution in [0.3, 0.4) is 0 Å². The first-order chi connectivity index (χ1) is 9.28. The monoisotopic (exact) mass is 257 g/mol. The van der Waals surface area contributed by atoms with Gasteiger partial charge in [-0.05, 0) is 23.3 Å². The van der Waals surface area contributed by atoms with Gasteiger partial charge in [-0.2, -0.15) is 0 Å². The van der Waals surface area contributed by atoms with Crippen LogP contribution in [0.4, 0.5) is 0 Å². The normalized spacial score (nSPS) is 10.3. The molecule has 0 aliphatic rings. The molecule has 0 unspecified atom stereocenters. The second-order valence-corrected chi connectivity index (χ2v) is 4.34. The van der Waals surface area contributed by atoms with E-state index in [0.717, 1.165) is 29.0 Å². The van der Waals surface area contributed by atoms with Gasteiger partial charge >= 0.3 is 0 Å². The van der Waals surface area contributed by atoms with Crippen molar-refractivity contribution in [2.45, 2.75) is 13.0 Å². The predicted molar refractivity (Wildman–Crippen MR) is 76.7 cm³/mol. The highest BCUT2D eigenvalue weighted by Crippen LogP contribution is 2.30. The van der Waals surface area contributed by atoms with Crippen molar-refractivity contribution in [2.75, 3.05) is 14.2 Å². The molecule has 0 aliphatic carbocycles. The summed E-state index contributed by atoms with van der Waals surface area (Å²) in [6.45, 7) is 0.568. The Kier molecular flexibility index (Phi) is 4.42. The topological polar surface area (TPSA) is 44.5 Å². The molecular weight excluding hydrogens is 238 g/mol. The highest BCUT2D eigenvalue weighted by Gasteiger charge is 2.10. The SMILES string of the molecule is COc1cccc(OC)c1Cc1ccc(CN)cc1. The maximum Gasteiger partial charge on any atom is 0.126 e. The maximum atomic E-state index is 5.60.